The number of hydrogen-bond donors (Lipinski definition) is 0. The first-order chi connectivity index (χ1) is 9.10. The van der Waals surface area contributed by atoms with Crippen LogP contribution in [0.5, 0.6) is 0 Å². The van der Waals surface area contributed by atoms with Gasteiger partial charge in [-0.1, -0.05) is 51.1 Å². The summed E-state index contributed by atoms with van der Waals surface area (Å²) in [5, 5.41) is 0. The number of carbonyl (C=O) groups excluding carboxylic acids is 1. The van der Waals surface area contributed by atoms with E-state index in [2.05, 4.69) is 13.8 Å². The van der Waals surface area contributed by atoms with Gasteiger partial charge in [0, 0.05) is 0 Å². The molecular weight excluding hydrogens is 240 g/mol. The topological polar surface area (TPSA) is 38.8 Å². The predicted octanol–water partition coefficient (Wildman–Crippen LogP) is 3.28. The van der Waals surface area contributed by atoms with E-state index >= 15 is 0 Å². The molecule has 2 rings (SSSR count). The number of rotatable bonds is 6. The quantitative estimate of drug-likeness (QED) is 0.583. The van der Waals surface area contributed by atoms with E-state index in [0.717, 1.165) is 18.4 Å². The number of benzene rings is 1. The van der Waals surface area contributed by atoms with Gasteiger partial charge in [0.2, 0.25) is 0 Å². The van der Waals surface area contributed by atoms with Crippen molar-refractivity contribution < 1.29 is 14.3 Å². The summed E-state index contributed by atoms with van der Waals surface area (Å²) in [4.78, 5) is 12.0. The van der Waals surface area contributed by atoms with Gasteiger partial charge in [0.15, 0.2) is 6.10 Å². The third-order valence-electron chi connectivity index (χ3n) is 3.64. The molecule has 2 unspecified atom stereocenters. The Labute approximate surface area is 114 Å². The third kappa shape index (κ3) is 2.98. The normalized spacial score (nSPS) is 25.4. The first-order valence-corrected chi connectivity index (χ1v) is 7.00. The average Bonchev–Trinajstić information content (AvgIpc) is 3.15. The molecule has 0 aliphatic carbocycles. The molecule has 19 heavy (non-hydrogen) atoms. The van der Waals surface area contributed by atoms with Crippen molar-refractivity contribution in [1.29, 1.82) is 0 Å². The zero-order chi connectivity index (χ0) is 13.9. The van der Waals surface area contributed by atoms with E-state index in [1.807, 2.05) is 37.3 Å². The molecule has 1 fully saturated rings. The van der Waals surface area contributed by atoms with Gasteiger partial charge in [-0.15, -0.1) is 0 Å². The lowest BCUT2D eigenvalue weighted by Gasteiger charge is -2.10. The van der Waals surface area contributed by atoms with E-state index in [-0.39, 0.29) is 5.97 Å². The average molecular weight is 262 g/mol. The Balaban J connectivity index is 1.95. The van der Waals surface area contributed by atoms with Gasteiger partial charge >= 0.3 is 5.97 Å². The molecule has 104 valence electrons. The number of epoxide rings is 1. The van der Waals surface area contributed by atoms with Crippen LogP contribution in [0.1, 0.15) is 39.2 Å². The van der Waals surface area contributed by atoms with Crippen molar-refractivity contribution in [2.24, 2.45) is 5.92 Å². The Morgan fingerprint density at radius 2 is 2.05 bits per heavy atom. The van der Waals surface area contributed by atoms with Gasteiger partial charge < -0.3 is 9.47 Å². The molecule has 0 aromatic heterocycles. The lowest BCUT2D eigenvalue weighted by atomic mass is 9.93. The smallest absolute Gasteiger partial charge is 0.338 e. The lowest BCUT2D eigenvalue weighted by Crippen LogP contribution is -2.21. The highest BCUT2D eigenvalue weighted by molar-refractivity contribution is 5.80. The van der Waals surface area contributed by atoms with Crippen LogP contribution >= 0.6 is 0 Å². The largest absolute Gasteiger partial charge is 0.464 e. The maximum Gasteiger partial charge on any atom is 0.338 e. The summed E-state index contributed by atoms with van der Waals surface area (Å²) < 4.78 is 11.0. The van der Waals surface area contributed by atoms with Gasteiger partial charge in [0.05, 0.1) is 6.61 Å². The van der Waals surface area contributed by atoms with Crippen LogP contribution in [0.4, 0.5) is 0 Å². The van der Waals surface area contributed by atoms with Crippen LogP contribution in [-0.2, 0) is 19.9 Å². The van der Waals surface area contributed by atoms with Crippen LogP contribution in [-0.4, -0.2) is 18.7 Å². The second kappa shape index (κ2) is 5.74. The fraction of sp³-hybridized carbons (Fsp3) is 0.562. The molecule has 2 atom stereocenters. The van der Waals surface area contributed by atoms with Crippen LogP contribution in [0.2, 0.25) is 0 Å². The molecule has 1 heterocycles. The van der Waals surface area contributed by atoms with Crippen molar-refractivity contribution in [2.75, 3.05) is 6.61 Å². The van der Waals surface area contributed by atoms with Crippen molar-refractivity contribution in [3.63, 3.8) is 0 Å². The van der Waals surface area contributed by atoms with Crippen LogP contribution in [0.15, 0.2) is 30.3 Å². The van der Waals surface area contributed by atoms with E-state index in [0.29, 0.717) is 12.5 Å². The summed E-state index contributed by atoms with van der Waals surface area (Å²) >= 11 is 0. The molecule has 0 N–H and O–H groups in total. The van der Waals surface area contributed by atoms with Crippen LogP contribution < -0.4 is 0 Å². The Morgan fingerprint density at radius 3 is 2.63 bits per heavy atom. The van der Waals surface area contributed by atoms with Crippen LogP contribution in [0, 0.1) is 5.92 Å². The first-order valence-electron chi connectivity index (χ1n) is 7.00. The fourth-order valence-corrected chi connectivity index (χ4v) is 2.30. The van der Waals surface area contributed by atoms with Gasteiger partial charge in [0.25, 0.3) is 0 Å². The maximum absolute atomic E-state index is 12.0. The molecule has 0 saturated carbocycles. The van der Waals surface area contributed by atoms with Crippen molar-refractivity contribution in [1.82, 2.24) is 0 Å². The molecular formula is C16H22O3. The summed E-state index contributed by atoms with van der Waals surface area (Å²) in [7, 11) is 0. The van der Waals surface area contributed by atoms with Gasteiger partial charge in [-0.2, -0.15) is 0 Å². The lowest BCUT2D eigenvalue weighted by molar-refractivity contribution is -0.145. The fourth-order valence-electron chi connectivity index (χ4n) is 2.30. The summed E-state index contributed by atoms with van der Waals surface area (Å²) in [5.74, 6) is 0.310. The highest BCUT2D eigenvalue weighted by Crippen LogP contribution is 2.49. The molecule has 1 saturated heterocycles. The van der Waals surface area contributed by atoms with Crippen molar-refractivity contribution >= 4 is 5.97 Å². The van der Waals surface area contributed by atoms with Gasteiger partial charge in [-0.05, 0) is 24.3 Å². The minimum absolute atomic E-state index is 0.230. The number of hydrogen-bond acceptors (Lipinski definition) is 3. The molecule has 3 heteroatoms. The van der Waals surface area contributed by atoms with Crippen molar-refractivity contribution in [3.8, 4) is 0 Å². The van der Waals surface area contributed by atoms with Gasteiger partial charge in [-0.25, -0.2) is 4.79 Å². The van der Waals surface area contributed by atoms with Crippen LogP contribution in [0.25, 0.3) is 0 Å². The van der Waals surface area contributed by atoms with Crippen molar-refractivity contribution in [2.45, 2.75) is 45.3 Å². The second-order valence-corrected chi connectivity index (χ2v) is 5.46. The second-order valence-electron chi connectivity index (χ2n) is 5.46. The molecule has 1 aromatic rings. The standard InChI is InChI=1S/C16H22O3/c1-4-16(13-8-6-5-7-9-13)14(19-16)15(17)18-11-10-12(2)3/h5-9,12,14H,4,10-11H2,1-3H3. The van der Waals surface area contributed by atoms with E-state index in [4.69, 9.17) is 9.47 Å². The Morgan fingerprint density at radius 1 is 1.37 bits per heavy atom. The number of carbonyl (C=O) groups is 1. The van der Waals surface area contributed by atoms with Crippen LogP contribution in [0.3, 0.4) is 0 Å². The van der Waals surface area contributed by atoms with Gasteiger partial charge in [0.1, 0.15) is 5.60 Å². The molecule has 0 spiro atoms. The zero-order valence-electron chi connectivity index (χ0n) is 11.9. The molecule has 0 amide bonds. The zero-order valence-corrected chi connectivity index (χ0v) is 11.9. The highest BCUT2D eigenvalue weighted by Gasteiger charge is 2.61. The Kier molecular flexibility index (Phi) is 4.25. The van der Waals surface area contributed by atoms with Gasteiger partial charge in [-0.3, -0.25) is 0 Å². The highest BCUT2D eigenvalue weighted by atomic mass is 16.7. The summed E-state index contributed by atoms with van der Waals surface area (Å²) in [6, 6.07) is 9.91. The minimum atomic E-state index is -0.462. The monoisotopic (exact) mass is 262 g/mol. The summed E-state index contributed by atoms with van der Waals surface area (Å²) in [6.07, 6.45) is 1.23. The molecule has 0 radical (unpaired) electrons. The Hall–Kier alpha value is -1.35. The van der Waals surface area contributed by atoms with E-state index < -0.39 is 11.7 Å². The predicted molar refractivity (Wildman–Crippen MR) is 73.7 cm³/mol. The molecule has 0 bridgehead atoms. The summed E-state index contributed by atoms with van der Waals surface area (Å²) in [5.41, 5.74) is 0.596. The molecule has 3 nitrogen and oxygen atoms in total. The number of ether oxygens (including phenoxy) is 2. The first kappa shape index (κ1) is 14.1. The third-order valence-corrected chi connectivity index (χ3v) is 3.64. The van der Waals surface area contributed by atoms with E-state index in [9.17, 15) is 4.79 Å². The molecule has 1 aliphatic heterocycles. The molecule has 1 aromatic carbocycles. The SMILES string of the molecule is CCC1(c2ccccc2)OC1C(=O)OCCC(C)C. The van der Waals surface area contributed by atoms with E-state index in [1.54, 1.807) is 0 Å². The number of esters is 1. The van der Waals surface area contributed by atoms with Crippen molar-refractivity contribution in [3.05, 3.63) is 35.9 Å². The maximum atomic E-state index is 12.0. The van der Waals surface area contributed by atoms with E-state index in [1.165, 1.54) is 0 Å². The Bertz CT molecular complexity index is 427. The summed E-state index contributed by atoms with van der Waals surface area (Å²) in [6.45, 7) is 6.74. The molecule has 1 aliphatic rings. The minimum Gasteiger partial charge on any atom is -0.464 e.